The molecule has 12 nitrogen and oxygen atoms in total. The van der Waals surface area contributed by atoms with E-state index in [-0.39, 0.29) is 152 Å². The summed E-state index contributed by atoms with van der Waals surface area (Å²) in [6.07, 6.45) is 0. The molecular formula is C27H40BrN4Na3O8. The minimum absolute atomic E-state index is 0. The predicted octanol–water partition coefficient (Wildman–Crippen LogP) is -14.2. The second-order valence-electron chi connectivity index (χ2n) is 10.6. The first-order chi connectivity index (χ1) is 18.4. The Kier molecular flexibility index (Phi) is 28.4. The number of rotatable bonds is 10. The molecule has 1 saturated heterocycles. The molecule has 43 heavy (non-hydrogen) atoms. The predicted molar refractivity (Wildman–Crippen MR) is 138 cm³/mol. The molecule has 0 N–H and O–H groups in total. The summed E-state index contributed by atoms with van der Waals surface area (Å²) < 4.78 is 10.9. The zero-order valence-electron chi connectivity index (χ0n) is 26.5. The molecule has 1 aliphatic heterocycles. The Balaban J connectivity index is -0.00000400. The van der Waals surface area contributed by atoms with Crippen molar-refractivity contribution in [2.45, 2.75) is 33.0 Å². The molecule has 0 bridgehead atoms. The minimum atomic E-state index is -1.24. The van der Waals surface area contributed by atoms with Crippen LogP contribution in [0, 0.1) is 0 Å². The fourth-order valence-corrected chi connectivity index (χ4v) is 4.10. The third kappa shape index (κ3) is 23.4. The van der Waals surface area contributed by atoms with Crippen LogP contribution in [0.1, 0.15) is 26.3 Å². The van der Waals surface area contributed by atoms with Gasteiger partial charge < -0.3 is 46.3 Å². The number of carboxylic acids is 2. The second-order valence-corrected chi connectivity index (χ2v) is 10.6. The van der Waals surface area contributed by atoms with Crippen LogP contribution in [-0.4, -0.2) is 128 Å². The molecule has 1 aliphatic rings. The molecule has 0 aromatic heterocycles. The number of nitrogens with zero attached hydrogens (tertiary/aromatic N) is 4. The Morgan fingerprint density at radius 3 is 1.35 bits per heavy atom. The van der Waals surface area contributed by atoms with Crippen molar-refractivity contribution >= 4 is 23.9 Å². The number of aliphatic carboxylic acids is 2. The number of hydrogen-bond donors (Lipinski definition) is 0. The van der Waals surface area contributed by atoms with E-state index in [1.165, 1.54) is 0 Å². The van der Waals surface area contributed by atoms with Gasteiger partial charge in [0.1, 0.15) is 12.2 Å². The molecule has 0 spiro atoms. The summed E-state index contributed by atoms with van der Waals surface area (Å²) in [6.45, 7) is 7.51. The summed E-state index contributed by atoms with van der Waals surface area (Å²) in [5, 5.41) is 22.6. The van der Waals surface area contributed by atoms with E-state index in [1.54, 1.807) is 30.6 Å². The van der Waals surface area contributed by atoms with Crippen molar-refractivity contribution in [3.63, 3.8) is 0 Å². The molecule has 0 amide bonds. The van der Waals surface area contributed by atoms with Crippen molar-refractivity contribution in [3.8, 4) is 0 Å². The quantitative estimate of drug-likeness (QED) is 0.169. The van der Waals surface area contributed by atoms with Gasteiger partial charge in [-0.2, -0.15) is 0 Å². The SMILES string of the molecule is CC(C)(C)OC(=O)CN1CCN(CC(=O)[O-])CCN(CC(=O)[O-])CCN(CC(=O)OCc2ccccc2)CC1.[Br-].[Na+].[Na+].[Na+]. The summed E-state index contributed by atoms with van der Waals surface area (Å²) in [4.78, 5) is 54.8. The standard InChI is InChI=1S/C27H42N4O8.BrH.3Na/c1-27(2,3)39-26(37)20-31-14-12-29(18-24(34)35)10-9-28(17-23(32)33)11-13-30(15-16-31)19-25(36)38-21-22-7-5-4-6-8-22;;;;/h4-8H,9-21H2,1-3H3,(H,32,33)(H,34,35);1H;;;/q;;3*+1/p-3. The molecule has 0 saturated carbocycles. The average molecular weight is 698 g/mol. The van der Waals surface area contributed by atoms with Crippen LogP contribution in [0.2, 0.25) is 0 Å². The first-order valence-electron chi connectivity index (χ1n) is 13.1. The van der Waals surface area contributed by atoms with Gasteiger partial charge in [0.25, 0.3) is 0 Å². The van der Waals surface area contributed by atoms with Crippen LogP contribution in [0.25, 0.3) is 0 Å². The Hall–Kier alpha value is 0.420. The van der Waals surface area contributed by atoms with E-state index in [0.717, 1.165) is 5.56 Å². The molecule has 1 aromatic carbocycles. The third-order valence-electron chi connectivity index (χ3n) is 6.00. The van der Waals surface area contributed by atoms with Crippen molar-refractivity contribution in [1.82, 2.24) is 19.6 Å². The van der Waals surface area contributed by atoms with Gasteiger partial charge in [0.05, 0.1) is 25.0 Å². The van der Waals surface area contributed by atoms with Crippen LogP contribution in [0.5, 0.6) is 0 Å². The van der Waals surface area contributed by atoms with Crippen molar-refractivity contribution in [3.05, 3.63) is 35.9 Å². The molecular weight excluding hydrogens is 657 g/mol. The Labute approximate surface area is 331 Å². The monoisotopic (exact) mass is 696 g/mol. The van der Waals surface area contributed by atoms with Crippen LogP contribution in [0.15, 0.2) is 30.3 Å². The topological polar surface area (TPSA) is 146 Å². The summed E-state index contributed by atoms with van der Waals surface area (Å²) in [7, 11) is 0. The van der Waals surface area contributed by atoms with E-state index in [0.29, 0.717) is 39.3 Å². The van der Waals surface area contributed by atoms with Crippen LogP contribution in [0.3, 0.4) is 0 Å². The van der Waals surface area contributed by atoms with Gasteiger partial charge in [-0.25, -0.2) is 0 Å². The number of carbonyl (C=O) groups excluding carboxylic acids is 4. The van der Waals surface area contributed by atoms with Crippen LogP contribution >= 0.6 is 0 Å². The van der Waals surface area contributed by atoms with E-state index in [9.17, 15) is 29.4 Å². The van der Waals surface area contributed by atoms with Crippen molar-refractivity contribution < 1.29 is 145 Å². The van der Waals surface area contributed by atoms with Crippen LogP contribution in [-0.2, 0) is 35.3 Å². The first-order valence-corrected chi connectivity index (χ1v) is 13.1. The molecule has 0 radical (unpaired) electrons. The zero-order chi connectivity index (χ0) is 28.8. The van der Waals surface area contributed by atoms with Crippen molar-refractivity contribution in [1.29, 1.82) is 0 Å². The number of carboxylic acid groups (broad SMARTS) is 2. The molecule has 1 heterocycles. The fourth-order valence-electron chi connectivity index (χ4n) is 4.10. The van der Waals surface area contributed by atoms with Crippen LogP contribution < -0.4 is 116 Å². The largest absolute Gasteiger partial charge is 1.00 e. The summed E-state index contributed by atoms with van der Waals surface area (Å²) >= 11 is 0. The van der Waals surface area contributed by atoms with Gasteiger partial charge in [0.15, 0.2) is 0 Å². The van der Waals surface area contributed by atoms with Crippen LogP contribution in [0.4, 0.5) is 0 Å². The Morgan fingerprint density at radius 1 is 0.651 bits per heavy atom. The maximum Gasteiger partial charge on any atom is 1.00 e. The van der Waals surface area contributed by atoms with E-state index < -0.39 is 29.5 Å². The third-order valence-corrected chi connectivity index (χ3v) is 6.00. The summed E-state index contributed by atoms with van der Waals surface area (Å²) in [5.41, 5.74) is 0.214. The minimum Gasteiger partial charge on any atom is -1.00 e. The number of esters is 2. The molecule has 1 fully saturated rings. The number of carbonyl (C=O) groups is 4. The van der Waals surface area contributed by atoms with E-state index >= 15 is 0 Å². The molecule has 0 unspecified atom stereocenters. The zero-order valence-corrected chi connectivity index (χ0v) is 34.1. The smallest absolute Gasteiger partial charge is 1.00 e. The first kappa shape index (κ1) is 47.8. The van der Waals surface area contributed by atoms with Gasteiger partial charge in [-0.1, -0.05) is 30.3 Å². The van der Waals surface area contributed by atoms with Gasteiger partial charge >= 0.3 is 101 Å². The molecule has 2 rings (SSSR count). The molecule has 0 aliphatic carbocycles. The maximum atomic E-state index is 12.6. The molecule has 1 aromatic rings. The maximum absolute atomic E-state index is 12.6. The van der Waals surface area contributed by atoms with Gasteiger partial charge in [0, 0.05) is 65.4 Å². The normalized spacial score (nSPS) is 15.9. The number of hydrogen-bond acceptors (Lipinski definition) is 12. The Morgan fingerprint density at radius 2 is 1.00 bits per heavy atom. The molecule has 0 atom stereocenters. The number of ether oxygens (including phenoxy) is 2. The molecule has 16 heteroatoms. The number of benzene rings is 1. The molecule has 226 valence electrons. The fraction of sp³-hybridized carbons (Fsp3) is 0.630. The summed E-state index contributed by atoms with van der Waals surface area (Å²) in [6, 6.07) is 9.32. The van der Waals surface area contributed by atoms with E-state index in [2.05, 4.69) is 0 Å². The number of halogens is 1. The van der Waals surface area contributed by atoms with E-state index in [1.807, 2.05) is 40.1 Å². The average Bonchev–Trinajstić information content (AvgIpc) is 2.83. The van der Waals surface area contributed by atoms with Crippen molar-refractivity contribution in [2.75, 3.05) is 78.5 Å². The van der Waals surface area contributed by atoms with Gasteiger partial charge in [-0.3, -0.25) is 29.2 Å². The van der Waals surface area contributed by atoms with Gasteiger partial charge in [-0.15, -0.1) is 0 Å². The van der Waals surface area contributed by atoms with Gasteiger partial charge in [-0.05, 0) is 26.3 Å². The van der Waals surface area contributed by atoms with Gasteiger partial charge in [0.2, 0.25) is 0 Å². The van der Waals surface area contributed by atoms with E-state index in [4.69, 9.17) is 9.47 Å². The Bertz CT molecular complexity index is 960. The summed E-state index contributed by atoms with van der Waals surface area (Å²) in [5.74, 6) is -3.32. The second kappa shape index (κ2) is 25.5. The van der Waals surface area contributed by atoms with Crippen molar-refractivity contribution in [2.24, 2.45) is 0 Å².